The molecule has 142 valence electrons. The molecular formula is C17H25F3N2O3. The number of nitrogens with zero attached hydrogens (tertiary/aromatic N) is 1. The third-order valence-electron chi connectivity index (χ3n) is 3.01. The third-order valence-corrected chi connectivity index (χ3v) is 3.01. The first-order valence-electron chi connectivity index (χ1n) is 7.96. The molecule has 0 spiro atoms. The van der Waals surface area contributed by atoms with Crippen LogP contribution in [0.3, 0.4) is 0 Å². The first-order chi connectivity index (χ1) is 11.5. The van der Waals surface area contributed by atoms with Crippen LogP contribution in [-0.2, 0) is 11.3 Å². The highest BCUT2D eigenvalue weighted by Gasteiger charge is 2.31. The molecule has 0 atom stereocenters. The van der Waals surface area contributed by atoms with Crippen molar-refractivity contribution in [2.75, 3.05) is 20.1 Å². The molecule has 25 heavy (non-hydrogen) atoms. The Morgan fingerprint density at radius 2 is 1.92 bits per heavy atom. The zero-order valence-corrected chi connectivity index (χ0v) is 14.9. The van der Waals surface area contributed by atoms with Crippen molar-refractivity contribution in [1.82, 2.24) is 10.2 Å². The van der Waals surface area contributed by atoms with Gasteiger partial charge in [0, 0.05) is 20.1 Å². The first-order valence-corrected chi connectivity index (χ1v) is 7.96. The summed E-state index contributed by atoms with van der Waals surface area (Å²) in [6.45, 7) is 6.94. The molecule has 0 aliphatic rings. The highest BCUT2D eigenvalue weighted by molar-refractivity contribution is 5.67. The predicted octanol–water partition coefficient (Wildman–Crippen LogP) is 3.93. The van der Waals surface area contributed by atoms with Crippen LogP contribution in [0.15, 0.2) is 24.3 Å². The zero-order valence-electron chi connectivity index (χ0n) is 14.9. The normalized spacial score (nSPS) is 12.0. The van der Waals surface area contributed by atoms with E-state index in [-0.39, 0.29) is 11.8 Å². The van der Waals surface area contributed by atoms with E-state index in [1.807, 2.05) is 0 Å². The van der Waals surface area contributed by atoms with Crippen molar-refractivity contribution in [3.63, 3.8) is 0 Å². The Hall–Kier alpha value is -1.96. The average Bonchev–Trinajstić information content (AvgIpc) is 2.43. The number of carbonyl (C=O) groups is 1. The summed E-state index contributed by atoms with van der Waals surface area (Å²) in [6, 6.07) is 5.82. The van der Waals surface area contributed by atoms with E-state index in [0.717, 1.165) is 0 Å². The summed E-state index contributed by atoms with van der Waals surface area (Å²) >= 11 is 0. The van der Waals surface area contributed by atoms with Gasteiger partial charge in [-0.1, -0.05) is 12.1 Å². The Bertz CT molecular complexity index is 557. The predicted molar refractivity (Wildman–Crippen MR) is 88.3 cm³/mol. The molecule has 1 aromatic rings. The van der Waals surface area contributed by atoms with Gasteiger partial charge in [-0.2, -0.15) is 0 Å². The standard InChI is InChI=1S/C17H25F3N2O3/c1-16(2,3)25-15(23)22(4)10-6-9-21-12-13-7-5-8-14(11-13)24-17(18,19)20/h5,7-8,11,21H,6,9-10,12H2,1-4H3. The molecule has 0 unspecified atom stereocenters. The van der Waals surface area contributed by atoms with Gasteiger partial charge in [0.25, 0.3) is 0 Å². The molecular weight excluding hydrogens is 337 g/mol. The van der Waals surface area contributed by atoms with Crippen molar-refractivity contribution in [3.05, 3.63) is 29.8 Å². The number of alkyl halides is 3. The zero-order chi connectivity index (χ0) is 19.1. The molecule has 0 saturated carbocycles. The number of rotatable bonds is 7. The molecule has 0 heterocycles. The van der Waals surface area contributed by atoms with E-state index in [9.17, 15) is 18.0 Å². The van der Waals surface area contributed by atoms with E-state index in [1.165, 1.54) is 23.1 Å². The van der Waals surface area contributed by atoms with Gasteiger partial charge in [-0.15, -0.1) is 13.2 Å². The molecule has 1 N–H and O–H groups in total. The summed E-state index contributed by atoms with van der Waals surface area (Å²) in [4.78, 5) is 13.3. The molecule has 5 nitrogen and oxygen atoms in total. The molecule has 8 heteroatoms. The summed E-state index contributed by atoms with van der Waals surface area (Å²) in [5, 5.41) is 3.12. The first kappa shape index (κ1) is 21.1. The van der Waals surface area contributed by atoms with Gasteiger partial charge in [-0.05, 0) is 51.4 Å². The van der Waals surface area contributed by atoms with Crippen LogP contribution >= 0.6 is 0 Å². The van der Waals surface area contributed by atoms with E-state index < -0.39 is 12.0 Å². The van der Waals surface area contributed by atoms with Crippen LogP contribution in [0.4, 0.5) is 18.0 Å². The molecule has 0 bridgehead atoms. The van der Waals surface area contributed by atoms with Crippen molar-refractivity contribution in [2.24, 2.45) is 0 Å². The molecule has 0 saturated heterocycles. The Labute approximate surface area is 146 Å². The minimum absolute atomic E-state index is 0.239. The number of hydrogen-bond acceptors (Lipinski definition) is 4. The Kier molecular flexibility index (Phi) is 7.54. The molecule has 1 amide bonds. The smallest absolute Gasteiger partial charge is 0.444 e. The van der Waals surface area contributed by atoms with Crippen molar-refractivity contribution in [2.45, 2.75) is 45.7 Å². The summed E-state index contributed by atoms with van der Waals surface area (Å²) in [5.74, 6) is -0.239. The van der Waals surface area contributed by atoms with Crippen molar-refractivity contribution < 1.29 is 27.4 Å². The van der Waals surface area contributed by atoms with Gasteiger partial charge < -0.3 is 19.7 Å². The van der Waals surface area contributed by atoms with Gasteiger partial charge in [0.15, 0.2) is 0 Å². The summed E-state index contributed by atoms with van der Waals surface area (Å²) in [5.41, 5.74) is 0.148. The second-order valence-corrected chi connectivity index (χ2v) is 6.63. The van der Waals surface area contributed by atoms with Crippen LogP contribution < -0.4 is 10.1 Å². The summed E-state index contributed by atoms with van der Waals surface area (Å²) < 4.78 is 45.7. The Balaban J connectivity index is 2.30. The summed E-state index contributed by atoms with van der Waals surface area (Å²) in [7, 11) is 1.66. The Morgan fingerprint density at radius 3 is 2.52 bits per heavy atom. The second kappa shape index (κ2) is 8.94. The van der Waals surface area contributed by atoms with Crippen LogP contribution in [0, 0.1) is 0 Å². The van der Waals surface area contributed by atoms with Crippen molar-refractivity contribution >= 4 is 6.09 Å². The van der Waals surface area contributed by atoms with E-state index >= 15 is 0 Å². The van der Waals surface area contributed by atoms with Crippen LogP contribution in [0.25, 0.3) is 0 Å². The largest absolute Gasteiger partial charge is 0.573 e. The SMILES string of the molecule is CN(CCCNCc1cccc(OC(F)(F)F)c1)C(=O)OC(C)(C)C. The van der Waals surface area contributed by atoms with Gasteiger partial charge >= 0.3 is 12.5 Å². The lowest BCUT2D eigenvalue weighted by atomic mass is 10.2. The lowest BCUT2D eigenvalue weighted by molar-refractivity contribution is -0.274. The number of carbonyl (C=O) groups excluding carboxylic acids is 1. The highest BCUT2D eigenvalue weighted by Crippen LogP contribution is 2.23. The monoisotopic (exact) mass is 362 g/mol. The molecule has 0 aliphatic carbocycles. The number of benzene rings is 1. The molecule has 1 rings (SSSR count). The number of nitrogens with one attached hydrogen (secondary N) is 1. The maximum Gasteiger partial charge on any atom is 0.573 e. The van der Waals surface area contributed by atoms with E-state index in [1.54, 1.807) is 33.9 Å². The van der Waals surface area contributed by atoms with E-state index in [2.05, 4.69) is 10.1 Å². The number of hydrogen-bond donors (Lipinski definition) is 1. The van der Waals surface area contributed by atoms with Crippen molar-refractivity contribution in [1.29, 1.82) is 0 Å². The maximum atomic E-state index is 12.2. The van der Waals surface area contributed by atoms with Crippen LogP contribution in [-0.4, -0.2) is 43.1 Å². The van der Waals surface area contributed by atoms with E-state index in [4.69, 9.17) is 4.74 Å². The van der Waals surface area contributed by atoms with E-state index in [0.29, 0.717) is 31.6 Å². The van der Waals surface area contributed by atoms with Gasteiger partial charge in [0.2, 0.25) is 0 Å². The van der Waals surface area contributed by atoms with Gasteiger partial charge in [-0.25, -0.2) is 4.79 Å². The molecule has 0 fully saturated rings. The lowest BCUT2D eigenvalue weighted by Gasteiger charge is -2.24. The van der Waals surface area contributed by atoms with Crippen LogP contribution in [0.5, 0.6) is 5.75 Å². The van der Waals surface area contributed by atoms with Crippen molar-refractivity contribution in [3.8, 4) is 5.75 Å². The topological polar surface area (TPSA) is 50.8 Å². The fourth-order valence-electron chi connectivity index (χ4n) is 1.96. The minimum atomic E-state index is -4.70. The maximum absolute atomic E-state index is 12.2. The molecule has 0 aromatic heterocycles. The quantitative estimate of drug-likeness (QED) is 0.747. The minimum Gasteiger partial charge on any atom is -0.444 e. The van der Waals surface area contributed by atoms with Gasteiger partial charge in [0.1, 0.15) is 11.4 Å². The lowest BCUT2D eigenvalue weighted by Crippen LogP contribution is -2.35. The molecule has 0 radical (unpaired) electrons. The number of halogens is 3. The van der Waals surface area contributed by atoms with Crippen LogP contribution in [0.2, 0.25) is 0 Å². The summed E-state index contributed by atoms with van der Waals surface area (Å²) in [6.07, 6.45) is -4.39. The number of ether oxygens (including phenoxy) is 2. The van der Waals surface area contributed by atoms with Gasteiger partial charge in [-0.3, -0.25) is 0 Å². The third kappa shape index (κ3) is 9.81. The Morgan fingerprint density at radius 1 is 1.24 bits per heavy atom. The molecule has 1 aromatic carbocycles. The fraction of sp³-hybridized carbons (Fsp3) is 0.588. The second-order valence-electron chi connectivity index (χ2n) is 6.63. The van der Waals surface area contributed by atoms with Gasteiger partial charge in [0.05, 0.1) is 0 Å². The average molecular weight is 362 g/mol. The fourth-order valence-corrected chi connectivity index (χ4v) is 1.96. The highest BCUT2D eigenvalue weighted by atomic mass is 19.4. The van der Waals surface area contributed by atoms with Crippen LogP contribution in [0.1, 0.15) is 32.8 Å². The number of amides is 1. The molecule has 0 aliphatic heterocycles.